The minimum absolute atomic E-state index is 0. The summed E-state index contributed by atoms with van der Waals surface area (Å²) in [5.41, 5.74) is 7.07. The van der Waals surface area contributed by atoms with Crippen LogP contribution in [0, 0.1) is 0 Å². The van der Waals surface area contributed by atoms with Gasteiger partial charge in [-0.25, -0.2) is 0 Å². The average molecular weight is 432 g/mol. The van der Waals surface area contributed by atoms with Gasteiger partial charge in [-0.15, -0.1) is 22.6 Å². The molecule has 3 heterocycles. The highest BCUT2D eigenvalue weighted by molar-refractivity contribution is 6.43. The Hall–Kier alpha value is -1.87. The molecule has 11 heteroatoms. The van der Waals surface area contributed by atoms with E-state index >= 15 is 0 Å². The molecule has 8 nitrogen and oxygen atoms in total. The lowest BCUT2D eigenvalue weighted by atomic mass is 10.1. The predicted molar refractivity (Wildman–Crippen MR) is 105 cm³/mol. The number of nitrogens with two attached hydrogens (primary N) is 1. The van der Waals surface area contributed by atoms with Crippen molar-refractivity contribution in [2.24, 2.45) is 0 Å². The van der Waals surface area contributed by atoms with Gasteiger partial charge in [0.1, 0.15) is 12.3 Å². The molecule has 0 radical (unpaired) electrons. The summed E-state index contributed by atoms with van der Waals surface area (Å²) < 4.78 is 5.33. The highest BCUT2D eigenvalue weighted by Gasteiger charge is 2.34. The van der Waals surface area contributed by atoms with Crippen LogP contribution in [0.2, 0.25) is 10.0 Å². The molecule has 2 aliphatic rings. The molecule has 0 bridgehead atoms. The maximum absolute atomic E-state index is 11.9. The fourth-order valence-corrected chi connectivity index (χ4v) is 3.60. The molecule has 0 aliphatic carbocycles. The van der Waals surface area contributed by atoms with Crippen molar-refractivity contribution in [2.75, 3.05) is 43.5 Å². The molecule has 1 amide bonds. The Balaban J connectivity index is 0.00000210. The van der Waals surface area contributed by atoms with E-state index in [0.717, 1.165) is 0 Å². The van der Waals surface area contributed by atoms with Crippen LogP contribution >= 0.6 is 35.6 Å². The molecule has 1 atom stereocenters. The minimum Gasteiger partial charge on any atom is -0.382 e. The third-order valence-corrected chi connectivity index (χ3v) is 5.35. The first-order chi connectivity index (χ1) is 12.5. The number of anilines is 2. The van der Waals surface area contributed by atoms with Crippen LogP contribution < -0.4 is 10.6 Å². The number of ether oxygens (including phenoxy) is 1. The fraction of sp³-hybridized carbons (Fsp3) is 0.375. The summed E-state index contributed by atoms with van der Waals surface area (Å²) in [6.45, 7) is 2.43. The van der Waals surface area contributed by atoms with Crippen LogP contribution in [0.1, 0.15) is 0 Å². The smallest absolute Gasteiger partial charge is 0.249 e. The van der Waals surface area contributed by atoms with Crippen molar-refractivity contribution < 1.29 is 9.53 Å². The third-order valence-electron chi connectivity index (χ3n) is 4.53. The monoisotopic (exact) mass is 430 g/mol. The topological polar surface area (TPSA) is 97.5 Å². The van der Waals surface area contributed by atoms with Crippen LogP contribution in [0.5, 0.6) is 0 Å². The van der Waals surface area contributed by atoms with Gasteiger partial charge in [0.15, 0.2) is 5.82 Å². The highest BCUT2D eigenvalue weighted by atomic mass is 35.5. The molecule has 27 heavy (non-hydrogen) atoms. The summed E-state index contributed by atoms with van der Waals surface area (Å²) in [6, 6.07) is 5.19. The minimum atomic E-state index is -0.0168. The molecule has 0 saturated carbocycles. The Bertz CT molecular complexity index is 868. The van der Waals surface area contributed by atoms with Crippen LogP contribution in [-0.4, -0.2) is 64.9 Å². The maximum Gasteiger partial charge on any atom is 0.249 e. The Kier molecular flexibility index (Phi) is 5.90. The van der Waals surface area contributed by atoms with Gasteiger partial charge >= 0.3 is 0 Å². The van der Waals surface area contributed by atoms with E-state index in [0.29, 0.717) is 53.5 Å². The van der Waals surface area contributed by atoms with Crippen molar-refractivity contribution in [3.05, 3.63) is 28.2 Å². The highest BCUT2D eigenvalue weighted by Crippen LogP contribution is 2.34. The number of morpholine rings is 1. The number of benzene rings is 1. The number of carbonyl (C=O) groups is 1. The van der Waals surface area contributed by atoms with Crippen LogP contribution in [0.15, 0.2) is 18.2 Å². The first kappa shape index (κ1) is 19.9. The number of hydrogen-bond donors (Lipinski definition) is 1. The second-order valence-corrected chi connectivity index (χ2v) is 6.93. The molecule has 4 rings (SSSR count). The van der Waals surface area contributed by atoms with Gasteiger partial charge < -0.3 is 20.3 Å². The largest absolute Gasteiger partial charge is 0.382 e. The summed E-state index contributed by atoms with van der Waals surface area (Å²) in [6.07, 6.45) is 0. The van der Waals surface area contributed by atoms with E-state index in [4.69, 9.17) is 33.7 Å². The fourth-order valence-electron chi connectivity index (χ4n) is 3.21. The van der Waals surface area contributed by atoms with Gasteiger partial charge in [0.05, 0.1) is 22.7 Å². The number of nitrogen functional groups attached to an aromatic ring is 1. The van der Waals surface area contributed by atoms with Crippen LogP contribution in [-0.2, 0) is 9.53 Å². The summed E-state index contributed by atoms with van der Waals surface area (Å²) in [4.78, 5) is 20.1. The first-order valence-corrected chi connectivity index (χ1v) is 8.87. The summed E-state index contributed by atoms with van der Waals surface area (Å²) in [7, 11) is 0. The number of halogens is 3. The molecular weight excluding hydrogens is 415 g/mol. The second-order valence-electron chi connectivity index (χ2n) is 6.15. The lowest BCUT2D eigenvalue weighted by Gasteiger charge is -2.43. The average Bonchev–Trinajstić information content (AvgIpc) is 2.64. The molecule has 1 aromatic heterocycles. The van der Waals surface area contributed by atoms with Crippen molar-refractivity contribution in [2.45, 2.75) is 6.04 Å². The number of rotatable bonds is 2. The summed E-state index contributed by atoms with van der Waals surface area (Å²) >= 11 is 12.3. The van der Waals surface area contributed by atoms with Gasteiger partial charge in [0.2, 0.25) is 11.9 Å². The van der Waals surface area contributed by atoms with E-state index in [1.807, 2.05) is 9.80 Å². The van der Waals surface area contributed by atoms with Crippen molar-refractivity contribution in [1.29, 1.82) is 0 Å². The normalized spacial score (nSPS) is 19.5. The zero-order valence-electron chi connectivity index (χ0n) is 14.1. The SMILES string of the molecule is Cl.Nc1nc(N2CCN3C(=O)COC[C@H]3C2)nnc1-c1cccc(Cl)c1Cl. The summed E-state index contributed by atoms with van der Waals surface area (Å²) in [5.74, 6) is 0.657. The molecule has 2 N–H and O–H groups in total. The van der Waals surface area contributed by atoms with E-state index in [1.54, 1.807) is 18.2 Å². The number of carbonyl (C=O) groups excluding carboxylic acids is 1. The summed E-state index contributed by atoms with van der Waals surface area (Å²) in [5, 5.41) is 9.18. The molecule has 0 unspecified atom stereocenters. The van der Waals surface area contributed by atoms with Gasteiger partial charge in [0.25, 0.3) is 0 Å². The maximum atomic E-state index is 11.9. The molecule has 2 fully saturated rings. The number of hydrogen-bond acceptors (Lipinski definition) is 7. The first-order valence-electron chi connectivity index (χ1n) is 8.11. The van der Waals surface area contributed by atoms with Crippen molar-refractivity contribution >= 4 is 53.3 Å². The van der Waals surface area contributed by atoms with E-state index in [-0.39, 0.29) is 36.8 Å². The molecule has 1 aromatic carbocycles. The van der Waals surface area contributed by atoms with Gasteiger partial charge in [-0.1, -0.05) is 35.3 Å². The van der Waals surface area contributed by atoms with Crippen LogP contribution in [0.4, 0.5) is 11.8 Å². The quantitative estimate of drug-likeness (QED) is 0.775. The van der Waals surface area contributed by atoms with Crippen LogP contribution in [0.25, 0.3) is 11.3 Å². The molecule has 2 aliphatic heterocycles. The van der Waals surface area contributed by atoms with Crippen LogP contribution in [0.3, 0.4) is 0 Å². The number of aromatic nitrogens is 3. The van der Waals surface area contributed by atoms with Crippen molar-refractivity contribution in [1.82, 2.24) is 20.1 Å². The van der Waals surface area contributed by atoms with E-state index in [2.05, 4.69) is 15.2 Å². The number of amides is 1. The molecule has 144 valence electrons. The van der Waals surface area contributed by atoms with Crippen molar-refractivity contribution in [3.8, 4) is 11.3 Å². The third kappa shape index (κ3) is 3.75. The Labute approximate surface area is 172 Å². The van der Waals surface area contributed by atoms with E-state index < -0.39 is 0 Å². The molecule has 2 saturated heterocycles. The lowest BCUT2D eigenvalue weighted by Crippen LogP contribution is -2.60. The van der Waals surface area contributed by atoms with Crippen molar-refractivity contribution in [3.63, 3.8) is 0 Å². The molecule has 0 spiro atoms. The zero-order valence-corrected chi connectivity index (χ0v) is 16.5. The molecular formula is C16H17Cl3N6O2. The lowest BCUT2D eigenvalue weighted by molar-refractivity contribution is -0.148. The predicted octanol–water partition coefficient (Wildman–Crippen LogP) is 1.90. The Morgan fingerprint density at radius 3 is 2.81 bits per heavy atom. The molecule has 2 aromatic rings. The Morgan fingerprint density at radius 2 is 2.04 bits per heavy atom. The van der Waals surface area contributed by atoms with Gasteiger partial charge in [-0.3, -0.25) is 4.79 Å². The van der Waals surface area contributed by atoms with E-state index in [1.165, 1.54) is 0 Å². The van der Waals surface area contributed by atoms with E-state index in [9.17, 15) is 4.79 Å². The second kappa shape index (κ2) is 8.02. The van der Waals surface area contributed by atoms with Gasteiger partial charge in [-0.2, -0.15) is 4.98 Å². The standard InChI is InChI=1S/C16H16Cl2N6O2.ClH/c17-11-3-1-2-10(13(11)18)14-15(19)20-16(22-21-14)23-4-5-24-9(6-23)7-26-8-12(24)25;/h1-3,9H,4-8H2,(H2,19,20,22);1H/t9-;/m1./s1. The van der Waals surface area contributed by atoms with Gasteiger partial charge in [0, 0.05) is 25.2 Å². The number of piperazine rings is 1. The number of nitrogens with zero attached hydrogens (tertiary/aromatic N) is 5. The zero-order chi connectivity index (χ0) is 18.3. The number of fused-ring (bicyclic) bond motifs is 1. The Morgan fingerprint density at radius 1 is 1.22 bits per heavy atom. The van der Waals surface area contributed by atoms with Gasteiger partial charge in [-0.05, 0) is 6.07 Å².